The number of rotatable bonds is 11. The predicted octanol–water partition coefficient (Wildman–Crippen LogP) is 5.33. The van der Waals surface area contributed by atoms with Crippen molar-refractivity contribution < 1.29 is 22.6 Å². The SMILES string of the molecule is C#CC(=NC/C(=C\C/C(F)=C(\C=C(/C)F)OCCOC)c1ccccc1F)NN=C(C)C. The second kappa shape index (κ2) is 14.7. The van der Waals surface area contributed by atoms with Crippen LogP contribution in [-0.4, -0.2) is 38.4 Å². The molecule has 172 valence electrons. The molecule has 0 spiro atoms. The molecule has 0 amide bonds. The molecule has 0 heterocycles. The third-order valence-electron chi connectivity index (χ3n) is 3.82. The predicted molar refractivity (Wildman–Crippen MR) is 123 cm³/mol. The van der Waals surface area contributed by atoms with E-state index in [1.54, 1.807) is 32.0 Å². The van der Waals surface area contributed by atoms with Gasteiger partial charge in [0.15, 0.2) is 11.6 Å². The van der Waals surface area contributed by atoms with Crippen molar-refractivity contribution in [2.24, 2.45) is 10.1 Å². The quantitative estimate of drug-likeness (QED) is 0.0948. The average Bonchev–Trinajstić information content (AvgIpc) is 2.75. The first-order valence-electron chi connectivity index (χ1n) is 9.84. The van der Waals surface area contributed by atoms with Gasteiger partial charge in [-0.1, -0.05) is 24.3 Å². The maximum atomic E-state index is 14.8. The van der Waals surface area contributed by atoms with Gasteiger partial charge in [0.2, 0.25) is 0 Å². The van der Waals surface area contributed by atoms with Gasteiger partial charge in [-0.3, -0.25) is 10.4 Å². The summed E-state index contributed by atoms with van der Waals surface area (Å²) in [5, 5.41) is 3.99. The Bertz CT molecular complexity index is 949. The highest BCUT2D eigenvalue weighted by molar-refractivity contribution is 5.99. The number of hydrogen-bond acceptors (Lipinski definition) is 4. The molecular formula is C24H28F3N3O2. The number of amidine groups is 1. The Labute approximate surface area is 187 Å². The minimum absolute atomic E-state index is 0.0309. The number of allylic oxidation sites excluding steroid dienone is 4. The van der Waals surface area contributed by atoms with Crippen LogP contribution < -0.4 is 5.43 Å². The molecule has 1 rings (SSSR count). The number of nitrogens with one attached hydrogen (secondary N) is 1. The first kappa shape index (κ1) is 26.7. The Kier molecular flexibility index (Phi) is 12.2. The monoisotopic (exact) mass is 447 g/mol. The van der Waals surface area contributed by atoms with Gasteiger partial charge in [-0.15, -0.1) is 6.42 Å². The molecule has 0 fully saturated rings. The summed E-state index contributed by atoms with van der Waals surface area (Å²) in [6, 6.07) is 6.04. The Hall–Kier alpha value is -3.31. The number of halogens is 3. The summed E-state index contributed by atoms with van der Waals surface area (Å²) in [5.41, 5.74) is 4.01. The number of methoxy groups -OCH3 is 1. The number of hydrogen-bond donors (Lipinski definition) is 1. The van der Waals surface area contributed by atoms with Crippen molar-refractivity contribution in [1.29, 1.82) is 0 Å². The minimum Gasteiger partial charge on any atom is -0.488 e. The normalized spacial score (nSPS) is 13.2. The van der Waals surface area contributed by atoms with Crippen molar-refractivity contribution in [2.45, 2.75) is 27.2 Å². The van der Waals surface area contributed by atoms with Crippen LogP contribution in [-0.2, 0) is 9.47 Å². The van der Waals surface area contributed by atoms with Crippen molar-refractivity contribution in [3.8, 4) is 12.3 Å². The van der Waals surface area contributed by atoms with E-state index < -0.39 is 17.5 Å². The average molecular weight is 448 g/mol. The molecule has 0 saturated carbocycles. The summed E-state index contributed by atoms with van der Waals surface area (Å²) in [6.45, 7) is 4.96. The fraction of sp³-hybridized carbons (Fsp3) is 0.333. The fourth-order valence-corrected chi connectivity index (χ4v) is 2.35. The Morgan fingerprint density at radius 1 is 1.19 bits per heavy atom. The van der Waals surface area contributed by atoms with Gasteiger partial charge >= 0.3 is 0 Å². The highest BCUT2D eigenvalue weighted by Crippen LogP contribution is 2.23. The summed E-state index contributed by atoms with van der Waals surface area (Å²) in [6.07, 6.45) is 7.58. The van der Waals surface area contributed by atoms with Crippen LogP contribution in [0, 0.1) is 18.2 Å². The molecule has 1 N–H and O–H groups in total. The third-order valence-corrected chi connectivity index (χ3v) is 3.82. The molecule has 0 aliphatic carbocycles. The van der Waals surface area contributed by atoms with Crippen molar-refractivity contribution in [1.82, 2.24) is 5.43 Å². The van der Waals surface area contributed by atoms with Crippen LogP contribution in [0.2, 0.25) is 0 Å². The van der Waals surface area contributed by atoms with Crippen molar-refractivity contribution in [2.75, 3.05) is 26.9 Å². The molecule has 0 aromatic heterocycles. The zero-order valence-electron chi connectivity index (χ0n) is 18.7. The van der Waals surface area contributed by atoms with Crippen LogP contribution in [0.3, 0.4) is 0 Å². The van der Waals surface area contributed by atoms with E-state index in [4.69, 9.17) is 15.9 Å². The summed E-state index contributed by atoms with van der Waals surface area (Å²) in [7, 11) is 1.47. The number of aliphatic imine (C=N–C) groups is 1. The van der Waals surface area contributed by atoms with Crippen molar-refractivity contribution in [3.05, 3.63) is 65.2 Å². The van der Waals surface area contributed by atoms with Crippen LogP contribution in [0.25, 0.3) is 5.57 Å². The molecular weight excluding hydrogens is 419 g/mol. The lowest BCUT2D eigenvalue weighted by Gasteiger charge is -2.10. The second-order valence-electron chi connectivity index (χ2n) is 6.73. The molecule has 1 aromatic rings. The molecule has 0 atom stereocenters. The van der Waals surface area contributed by atoms with E-state index in [9.17, 15) is 13.2 Å². The topological polar surface area (TPSA) is 55.2 Å². The van der Waals surface area contributed by atoms with Gasteiger partial charge in [-0.25, -0.2) is 13.2 Å². The summed E-state index contributed by atoms with van der Waals surface area (Å²) >= 11 is 0. The molecule has 32 heavy (non-hydrogen) atoms. The zero-order chi connectivity index (χ0) is 23.9. The van der Waals surface area contributed by atoms with Crippen molar-refractivity contribution >= 4 is 17.1 Å². The summed E-state index contributed by atoms with van der Waals surface area (Å²) in [4.78, 5) is 4.23. The van der Waals surface area contributed by atoms with E-state index in [2.05, 4.69) is 21.4 Å². The molecule has 0 saturated heterocycles. The lowest BCUT2D eigenvalue weighted by atomic mass is 10.0. The number of terminal acetylenes is 1. The molecule has 0 bridgehead atoms. The molecule has 8 heteroatoms. The Morgan fingerprint density at radius 2 is 1.91 bits per heavy atom. The Morgan fingerprint density at radius 3 is 2.50 bits per heavy atom. The number of hydrazone groups is 1. The van der Waals surface area contributed by atoms with Crippen molar-refractivity contribution in [3.63, 3.8) is 0 Å². The highest BCUT2D eigenvalue weighted by Gasteiger charge is 2.11. The van der Waals surface area contributed by atoms with Crippen LogP contribution >= 0.6 is 0 Å². The maximum absolute atomic E-state index is 14.8. The van der Waals surface area contributed by atoms with Gasteiger partial charge in [-0.2, -0.15) is 5.10 Å². The van der Waals surface area contributed by atoms with Gasteiger partial charge < -0.3 is 9.47 Å². The van der Waals surface area contributed by atoms with Crippen LogP contribution in [0.5, 0.6) is 0 Å². The van der Waals surface area contributed by atoms with E-state index >= 15 is 0 Å². The van der Waals surface area contributed by atoms with E-state index in [1.165, 1.54) is 26.2 Å². The van der Waals surface area contributed by atoms with Crippen LogP contribution in [0.15, 0.2) is 63.9 Å². The molecule has 0 aliphatic heterocycles. The van der Waals surface area contributed by atoms with Crippen LogP contribution in [0.1, 0.15) is 32.8 Å². The minimum atomic E-state index is -0.725. The fourth-order valence-electron chi connectivity index (χ4n) is 2.35. The van der Waals surface area contributed by atoms with Gasteiger partial charge in [-0.05, 0) is 38.3 Å². The summed E-state index contributed by atoms with van der Waals surface area (Å²) in [5.74, 6) is 0.408. The first-order chi connectivity index (χ1) is 15.3. The summed E-state index contributed by atoms with van der Waals surface area (Å²) < 4.78 is 52.6. The number of ether oxygens (including phenoxy) is 2. The van der Waals surface area contributed by atoms with E-state index in [0.717, 1.165) is 11.8 Å². The van der Waals surface area contributed by atoms with Crippen LogP contribution in [0.4, 0.5) is 13.2 Å². The molecule has 0 radical (unpaired) electrons. The second-order valence-corrected chi connectivity index (χ2v) is 6.73. The van der Waals surface area contributed by atoms with E-state index in [0.29, 0.717) is 5.57 Å². The zero-order valence-corrected chi connectivity index (χ0v) is 18.7. The molecule has 5 nitrogen and oxygen atoms in total. The third kappa shape index (κ3) is 10.1. The van der Waals surface area contributed by atoms with Gasteiger partial charge in [0.25, 0.3) is 0 Å². The lowest BCUT2D eigenvalue weighted by Crippen LogP contribution is -2.17. The molecule has 0 aliphatic rings. The largest absolute Gasteiger partial charge is 0.488 e. The number of nitrogens with zero attached hydrogens (tertiary/aromatic N) is 2. The van der Waals surface area contributed by atoms with E-state index in [-0.39, 0.29) is 43.3 Å². The Balaban J connectivity index is 3.26. The van der Waals surface area contributed by atoms with Gasteiger partial charge in [0.1, 0.15) is 24.1 Å². The maximum Gasteiger partial charge on any atom is 0.194 e. The van der Waals surface area contributed by atoms with E-state index in [1.807, 2.05) is 0 Å². The standard InChI is InChI=1S/C24H28F3N3O2/c1-6-24(30-29-17(2)3)28-16-19(20-9-7-8-10-21(20)26)11-12-22(27)23(15-18(4)25)32-14-13-31-5/h1,7-11,15H,12-14,16H2,2-5H3,(H,28,30)/b18-15+,19-11+,23-22-. The first-order valence-corrected chi connectivity index (χ1v) is 9.84. The smallest absolute Gasteiger partial charge is 0.194 e. The highest BCUT2D eigenvalue weighted by atomic mass is 19.1. The van der Waals surface area contributed by atoms with Gasteiger partial charge in [0, 0.05) is 30.9 Å². The number of benzene rings is 1. The lowest BCUT2D eigenvalue weighted by molar-refractivity contribution is 0.110. The molecule has 1 aromatic carbocycles. The van der Waals surface area contributed by atoms with Gasteiger partial charge in [0.05, 0.1) is 13.2 Å². The molecule has 0 unspecified atom stereocenters.